The van der Waals surface area contributed by atoms with Crippen molar-refractivity contribution < 1.29 is 22.4 Å². The summed E-state index contributed by atoms with van der Waals surface area (Å²) < 4.78 is 40.8. The molecule has 2 amide bonds. The molecule has 1 aromatic heterocycles. The Bertz CT molecular complexity index is 1300. The van der Waals surface area contributed by atoms with Gasteiger partial charge in [0.2, 0.25) is 15.9 Å². The van der Waals surface area contributed by atoms with E-state index in [0.717, 1.165) is 6.07 Å². The monoisotopic (exact) mass is 496 g/mol. The number of piperidine rings is 1. The first-order chi connectivity index (χ1) is 16.8. The summed E-state index contributed by atoms with van der Waals surface area (Å²) in [4.78, 5) is 29.3. The Balaban J connectivity index is 1.38. The second kappa shape index (κ2) is 10.7. The molecule has 0 bridgehead atoms. The first-order valence-corrected chi connectivity index (χ1v) is 12.8. The normalized spacial score (nSPS) is 14.9. The quantitative estimate of drug-likeness (QED) is 0.519. The molecule has 35 heavy (non-hydrogen) atoms. The maximum Gasteiger partial charge on any atom is 0.274 e. The molecule has 2 N–H and O–H groups in total. The molecule has 1 aliphatic heterocycles. The average Bonchev–Trinajstić information content (AvgIpc) is 2.86. The lowest BCUT2D eigenvalue weighted by Crippen LogP contribution is -2.41. The first-order valence-electron chi connectivity index (χ1n) is 11.2. The summed E-state index contributed by atoms with van der Waals surface area (Å²) in [6.45, 7) is 0.444. The number of rotatable bonds is 7. The van der Waals surface area contributed by atoms with Gasteiger partial charge in [0.05, 0.1) is 17.1 Å². The number of aromatic nitrogens is 1. The standard InChI is InChI=1S/C25H25FN4O4S/c26-20-9-10-21(28-25(32)22-8-4-5-13-27-22)23(16-20)29-24(31)19-11-14-30(15-12-19)35(33,34)17-18-6-2-1-3-7-18/h1-10,13,16,19H,11-12,14-15,17H2,(H,28,32)(H,29,31). The Hall–Kier alpha value is -3.63. The number of sulfonamides is 1. The van der Waals surface area contributed by atoms with E-state index in [4.69, 9.17) is 0 Å². The predicted octanol–water partition coefficient (Wildman–Crippen LogP) is 3.65. The van der Waals surface area contributed by atoms with Crippen LogP contribution in [0.5, 0.6) is 0 Å². The van der Waals surface area contributed by atoms with Gasteiger partial charge < -0.3 is 10.6 Å². The topological polar surface area (TPSA) is 108 Å². The van der Waals surface area contributed by atoms with Crippen LogP contribution in [0.25, 0.3) is 0 Å². The van der Waals surface area contributed by atoms with Crippen molar-refractivity contribution in [3.8, 4) is 0 Å². The van der Waals surface area contributed by atoms with Crippen LogP contribution in [-0.2, 0) is 20.6 Å². The third-order valence-electron chi connectivity index (χ3n) is 5.80. The van der Waals surface area contributed by atoms with Gasteiger partial charge in [-0.3, -0.25) is 14.6 Å². The van der Waals surface area contributed by atoms with Crippen LogP contribution in [0.2, 0.25) is 0 Å². The van der Waals surface area contributed by atoms with Crippen LogP contribution in [0.4, 0.5) is 15.8 Å². The Kier molecular flexibility index (Phi) is 7.52. The van der Waals surface area contributed by atoms with E-state index in [1.54, 1.807) is 36.4 Å². The Labute approximate surface area is 203 Å². The maximum absolute atomic E-state index is 13.9. The molecule has 4 rings (SSSR count). The Morgan fingerprint density at radius 3 is 2.34 bits per heavy atom. The highest BCUT2D eigenvalue weighted by Crippen LogP contribution is 2.27. The van der Waals surface area contributed by atoms with E-state index in [9.17, 15) is 22.4 Å². The smallest absolute Gasteiger partial charge is 0.274 e. The van der Waals surface area contributed by atoms with Gasteiger partial charge in [0, 0.05) is 25.2 Å². The molecule has 0 aliphatic carbocycles. The molecule has 0 radical (unpaired) electrons. The van der Waals surface area contributed by atoms with Crippen molar-refractivity contribution in [1.82, 2.24) is 9.29 Å². The largest absolute Gasteiger partial charge is 0.324 e. The number of carbonyl (C=O) groups is 2. The third-order valence-corrected chi connectivity index (χ3v) is 7.65. The van der Waals surface area contributed by atoms with Crippen molar-refractivity contribution in [1.29, 1.82) is 0 Å². The highest BCUT2D eigenvalue weighted by molar-refractivity contribution is 7.88. The molecule has 0 atom stereocenters. The number of amides is 2. The summed E-state index contributed by atoms with van der Waals surface area (Å²) in [5.74, 6) is -1.96. The Morgan fingerprint density at radius 1 is 0.943 bits per heavy atom. The summed E-state index contributed by atoms with van der Waals surface area (Å²) in [7, 11) is -3.50. The summed E-state index contributed by atoms with van der Waals surface area (Å²) in [6.07, 6.45) is 2.16. The van der Waals surface area contributed by atoms with Crippen molar-refractivity contribution >= 4 is 33.2 Å². The van der Waals surface area contributed by atoms with E-state index < -0.39 is 27.7 Å². The van der Waals surface area contributed by atoms with Gasteiger partial charge in [0.25, 0.3) is 5.91 Å². The van der Waals surface area contributed by atoms with E-state index in [2.05, 4.69) is 15.6 Å². The highest BCUT2D eigenvalue weighted by atomic mass is 32.2. The number of carbonyl (C=O) groups excluding carboxylic acids is 2. The second-order valence-electron chi connectivity index (χ2n) is 8.26. The van der Waals surface area contributed by atoms with Gasteiger partial charge in [0.15, 0.2) is 0 Å². The molecule has 1 aliphatic rings. The van der Waals surface area contributed by atoms with Crippen LogP contribution in [0, 0.1) is 11.7 Å². The number of hydrogen-bond donors (Lipinski definition) is 2. The summed E-state index contributed by atoms with van der Waals surface area (Å²) in [5.41, 5.74) is 1.24. The zero-order chi connectivity index (χ0) is 24.8. The van der Waals surface area contributed by atoms with Gasteiger partial charge >= 0.3 is 0 Å². The number of anilines is 2. The number of nitrogens with one attached hydrogen (secondary N) is 2. The number of halogens is 1. The number of hydrogen-bond acceptors (Lipinski definition) is 5. The molecule has 2 aromatic carbocycles. The molecule has 10 heteroatoms. The van der Waals surface area contributed by atoms with Gasteiger partial charge in [0.1, 0.15) is 11.5 Å². The molecule has 8 nitrogen and oxygen atoms in total. The lowest BCUT2D eigenvalue weighted by molar-refractivity contribution is -0.120. The van der Waals surface area contributed by atoms with Crippen LogP contribution in [0.3, 0.4) is 0 Å². The van der Waals surface area contributed by atoms with Crippen LogP contribution in [0.1, 0.15) is 28.9 Å². The zero-order valence-electron chi connectivity index (χ0n) is 18.9. The van der Waals surface area contributed by atoms with Crippen LogP contribution >= 0.6 is 0 Å². The van der Waals surface area contributed by atoms with Crippen LogP contribution in [-0.4, -0.2) is 42.6 Å². The average molecular weight is 497 g/mol. The minimum Gasteiger partial charge on any atom is -0.324 e. The van der Waals surface area contributed by atoms with Gasteiger partial charge in [-0.05, 0) is 48.7 Å². The summed E-state index contributed by atoms with van der Waals surface area (Å²) in [5, 5.41) is 5.33. The fourth-order valence-electron chi connectivity index (χ4n) is 3.92. The van der Waals surface area contributed by atoms with Gasteiger partial charge in [-0.1, -0.05) is 36.4 Å². The molecule has 1 fully saturated rings. The fraction of sp³-hybridized carbons (Fsp3) is 0.240. The van der Waals surface area contributed by atoms with Crippen molar-refractivity contribution in [2.45, 2.75) is 18.6 Å². The fourth-order valence-corrected chi connectivity index (χ4v) is 5.48. The number of pyridine rings is 1. The Morgan fingerprint density at radius 2 is 1.66 bits per heavy atom. The molecule has 0 saturated carbocycles. The highest BCUT2D eigenvalue weighted by Gasteiger charge is 2.31. The predicted molar refractivity (Wildman–Crippen MR) is 131 cm³/mol. The zero-order valence-corrected chi connectivity index (χ0v) is 19.7. The third kappa shape index (κ3) is 6.28. The van der Waals surface area contributed by atoms with Crippen molar-refractivity contribution in [2.24, 2.45) is 5.92 Å². The maximum atomic E-state index is 13.9. The first kappa shape index (κ1) is 24.5. The van der Waals surface area contributed by atoms with Crippen LogP contribution < -0.4 is 10.6 Å². The molecule has 182 valence electrons. The minimum absolute atomic E-state index is 0.0900. The molecular formula is C25H25FN4O4S. The molecule has 3 aromatic rings. The second-order valence-corrected chi connectivity index (χ2v) is 10.2. The van der Waals surface area contributed by atoms with Crippen molar-refractivity contribution in [3.63, 3.8) is 0 Å². The molecule has 0 unspecified atom stereocenters. The lowest BCUT2D eigenvalue weighted by Gasteiger charge is -2.30. The summed E-state index contributed by atoms with van der Waals surface area (Å²) in [6, 6.07) is 17.5. The SMILES string of the molecule is O=C(Nc1ccc(F)cc1NC(=O)C1CCN(S(=O)(=O)Cc2ccccc2)CC1)c1ccccn1. The number of nitrogens with zero attached hydrogens (tertiary/aromatic N) is 2. The van der Waals surface area contributed by atoms with Crippen molar-refractivity contribution in [2.75, 3.05) is 23.7 Å². The van der Waals surface area contributed by atoms with Crippen molar-refractivity contribution in [3.05, 3.63) is 90.0 Å². The van der Waals surface area contributed by atoms with E-state index in [1.807, 2.05) is 6.07 Å². The molecular weight excluding hydrogens is 471 g/mol. The van der Waals surface area contributed by atoms with Crippen LogP contribution in [0.15, 0.2) is 72.9 Å². The molecule has 2 heterocycles. The minimum atomic E-state index is -3.50. The van der Waals surface area contributed by atoms with Gasteiger partial charge in [-0.15, -0.1) is 0 Å². The number of benzene rings is 2. The van der Waals surface area contributed by atoms with Gasteiger partial charge in [-0.2, -0.15) is 0 Å². The van der Waals surface area contributed by atoms with Gasteiger partial charge in [-0.25, -0.2) is 17.1 Å². The lowest BCUT2D eigenvalue weighted by atomic mass is 9.97. The molecule has 1 saturated heterocycles. The van der Waals surface area contributed by atoms with E-state index in [0.29, 0.717) is 18.4 Å². The van der Waals surface area contributed by atoms with E-state index >= 15 is 0 Å². The molecule has 0 spiro atoms. The van der Waals surface area contributed by atoms with E-state index in [1.165, 1.54) is 28.7 Å². The van der Waals surface area contributed by atoms with E-state index in [-0.39, 0.29) is 41.8 Å². The summed E-state index contributed by atoms with van der Waals surface area (Å²) >= 11 is 0.